The van der Waals surface area contributed by atoms with Crippen LogP contribution in [0.3, 0.4) is 0 Å². The summed E-state index contributed by atoms with van der Waals surface area (Å²) in [5, 5.41) is 14.3. The fourth-order valence-electron chi connectivity index (χ4n) is 14.1. The standard InChI is InChI=1S/C74H43BN8S2/c1-2-16-44(17-3-1)75(45-40-76-73(77-41-45)82-63-26-12-6-20-51(63)57-34-32-55-49-18-4-10-24-61(49)80(69(55)71(57)82)47-30-36-67-59(38-47)53-22-8-14-28-65(53)84-67)46-42-78-74(79-43-46)83-64-27-13-7-21-52(64)58-35-33-56-50-19-5-11-25-62(50)81(70(56)72(58)83)48-31-37-68-60(39-48)54-23-9-15-29-66(54)85-68/h1-43H. The summed E-state index contributed by atoms with van der Waals surface area (Å²) in [4.78, 5) is 21.4. The smallest absolute Gasteiger partial charge is 0.249 e. The third-order valence-corrected chi connectivity index (χ3v) is 20.0. The molecule has 0 spiro atoms. The second kappa shape index (κ2) is 17.9. The van der Waals surface area contributed by atoms with Gasteiger partial charge in [0.1, 0.15) is 0 Å². The first-order valence-corrected chi connectivity index (χ1v) is 30.3. The van der Waals surface area contributed by atoms with Crippen molar-refractivity contribution < 1.29 is 0 Å². The van der Waals surface area contributed by atoms with E-state index in [4.69, 9.17) is 19.9 Å². The van der Waals surface area contributed by atoms with Gasteiger partial charge >= 0.3 is 0 Å². The lowest BCUT2D eigenvalue weighted by Gasteiger charge is -2.16. The summed E-state index contributed by atoms with van der Waals surface area (Å²) >= 11 is 3.69. The van der Waals surface area contributed by atoms with Crippen LogP contribution in [-0.2, 0) is 0 Å². The van der Waals surface area contributed by atoms with Gasteiger partial charge in [-0.25, -0.2) is 19.9 Å². The number of hydrogen-bond acceptors (Lipinski definition) is 6. The summed E-state index contributed by atoms with van der Waals surface area (Å²) < 4.78 is 14.6. The van der Waals surface area contributed by atoms with Gasteiger partial charge < -0.3 is 9.13 Å². The Hall–Kier alpha value is -10.7. The summed E-state index contributed by atoms with van der Waals surface area (Å²) in [7, 11) is 0. The SMILES string of the molecule is c1ccc(B(c2cnc(-n3c4ccccc4c4ccc5c6ccccc6n(-c6ccc7sc8ccccc8c7c6)c5c43)nc2)c2cnc(-n3c4ccccc4c4ccc5c6ccccc6n(-c6ccc7sc8ccccc8c7c6)c5c43)nc2)cc1. The molecule has 0 fully saturated rings. The first-order valence-electron chi connectivity index (χ1n) is 28.6. The van der Waals surface area contributed by atoms with Gasteiger partial charge in [-0.15, -0.1) is 22.7 Å². The van der Waals surface area contributed by atoms with Crippen molar-refractivity contribution in [1.82, 2.24) is 38.2 Å². The van der Waals surface area contributed by atoms with Gasteiger partial charge in [-0.2, -0.15) is 0 Å². The van der Waals surface area contributed by atoms with Crippen molar-refractivity contribution >= 4 is 173 Å². The number of para-hydroxylation sites is 4. The van der Waals surface area contributed by atoms with Gasteiger partial charge in [-0.05, 0) is 83.7 Å². The van der Waals surface area contributed by atoms with Gasteiger partial charge in [0, 0.05) is 120 Å². The van der Waals surface area contributed by atoms with Gasteiger partial charge in [-0.1, -0.05) is 169 Å². The summed E-state index contributed by atoms with van der Waals surface area (Å²) in [5.41, 5.74) is 13.9. The average molecular weight is 1120 g/mol. The largest absolute Gasteiger partial charge is 0.307 e. The highest BCUT2D eigenvalue weighted by molar-refractivity contribution is 7.26. The molecule has 0 aliphatic heterocycles. The maximum atomic E-state index is 5.36. The Morgan fingerprint density at radius 2 is 0.565 bits per heavy atom. The molecule has 8 heterocycles. The lowest BCUT2D eigenvalue weighted by atomic mass is 9.38. The molecule has 8 aromatic heterocycles. The number of benzene rings is 11. The molecular weight excluding hydrogens is 1080 g/mol. The molecule has 0 aliphatic carbocycles. The molecule has 0 unspecified atom stereocenters. The van der Waals surface area contributed by atoms with Crippen LogP contribution in [0.25, 0.3) is 151 Å². The monoisotopic (exact) mass is 1120 g/mol. The molecule has 85 heavy (non-hydrogen) atoms. The highest BCUT2D eigenvalue weighted by atomic mass is 32.1. The van der Waals surface area contributed by atoms with E-state index >= 15 is 0 Å². The molecule has 0 aliphatic rings. The average Bonchev–Trinajstić information content (AvgIpc) is 2.06. The Kier molecular flexibility index (Phi) is 9.86. The predicted octanol–water partition coefficient (Wildman–Crippen LogP) is 16.9. The summed E-state index contributed by atoms with van der Waals surface area (Å²) in [6.45, 7) is -0.268. The first-order chi connectivity index (χ1) is 42.2. The lowest BCUT2D eigenvalue weighted by Crippen LogP contribution is -2.52. The van der Waals surface area contributed by atoms with E-state index in [9.17, 15) is 0 Å². The molecule has 0 radical (unpaired) electrons. The van der Waals surface area contributed by atoms with E-state index in [-0.39, 0.29) is 6.71 Å². The molecule has 0 saturated heterocycles. The topological polar surface area (TPSA) is 71.3 Å². The van der Waals surface area contributed by atoms with E-state index in [1.165, 1.54) is 61.9 Å². The quantitative estimate of drug-likeness (QED) is 0.149. The molecule has 0 amide bonds. The van der Waals surface area contributed by atoms with E-state index in [0.717, 1.165) is 93.4 Å². The molecule has 0 N–H and O–H groups in total. The Morgan fingerprint density at radius 1 is 0.247 bits per heavy atom. The Morgan fingerprint density at radius 3 is 0.965 bits per heavy atom. The van der Waals surface area contributed by atoms with Gasteiger partial charge in [0.2, 0.25) is 18.6 Å². The fraction of sp³-hybridized carbons (Fsp3) is 0. The second-order valence-corrected chi connectivity index (χ2v) is 24.3. The number of hydrogen-bond donors (Lipinski definition) is 0. The highest BCUT2D eigenvalue weighted by Gasteiger charge is 2.28. The Bertz CT molecular complexity index is 5640. The molecule has 11 aromatic carbocycles. The van der Waals surface area contributed by atoms with E-state index in [0.29, 0.717) is 11.9 Å². The van der Waals surface area contributed by atoms with Crippen molar-refractivity contribution in [1.29, 1.82) is 0 Å². The maximum Gasteiger partial charge on any atom is 0.249 e. The van der Waals surface area contributed by atoms with Crippen molar-refractivity contribution in [2.45, 2.75) is 0 Å². The van der Waals surface area contributed by atoms with Crippen LogP contribution in [0.2, 0.25) is 0 Å². The number of rotatable bonds is 7. The van der Waals surface area contributed by atoms with Crippen LogP contribution in [-0.4, -0.2) is 44.9 Å². The van der Waals surface area contributed by atoms with Crippen LogP contribution in [0.5, 0.6) is 0 Å². The molecule has 8 nitrogen and oxygen atoms in total. The van der Waals surface area contributed by atoms with Crippen molar-refractivity contribution in [3.8, 4) is 23.3 Å². The molecular formula is C74H43BN8S2. The maximum absolute atomic E-state index is 5.36. The molecule has 19 rings (SSSR count). The van der Waals surface area contributed by atoms with Crippen LogP contribution < -0.4 is 16.4 Å². The van der Waals surface area contributed by atoms with Crippen molar-refractivity contribution in [3.05, 3.63) is 261 Å². The molecule has 19 aromatic rings. The molecule has 0 atom stereocenters. The number of nitrogens with zero attached hydrogens (tertiary/aromatic N) is 8. The molecule has 11 heteroatoms. The highest BCUT2D eigenvalue weighted by Crippen LogP contribution is 2.45. The van der Waals surface area contributed by atoms with Gasteiger partial charge in [-0.3, -0.25) is 9.13 Å². The first kappa shape index (κ1) is 46.8. The predicted molar refractivity (Wildman–Crippen MR) is 358 cm³/mol. The van der Waals surface area contributed by atoms with Gasteiger partial charge in [0.25, 0.3) is 0 Å². The molecule has 0 bridgehead atoms. The summed E-state index contributed by atoms with van der Waals surface area (Å²) in [6.07, 6.45) is 7.99. The third-order valence-electron chi connectivity index (χ3n) is 17.7. The van der Waals surface area contributed by atoms with Crippen molar-refractivity contribution in [3.63, 3.8) is 0 Å². The molecule has 394 valence electrons. The van der Waals surface area contributed by atoms with E-state index in [1.807, 2.05) is 47.5 Å². The summed E-state index contributed by atoms with van der Waals surface area (Å²) in [6, 6.07) is 85.8. The van der Waals surface area contributed by atoms with E-state index in [2.05, 4.69) is 255 Å². The third kappa shape index (κ3) is 6.73. The lowest BCUT2D eigenvalue weighted by molar-refractivity contribution is 0.991. The minimum absolute atomic E-state index is 0.268. The fourth-order valence-corrected chi connectivity index (χ4v) is 16.2. The Labute approximate surface area is 493 Å². The minimum Gasteiger partial charge on any atom is -0.307 e. The minimum atomic E-state index is -0.268. The normalized spacial score (nSPS) is 12.2. The van der Waals surface area contributed by atoms with Crippen LogP contribution in [0.4, 0.5) is 0 Å². The van der Waals surface area contributed by atoms with Crippen molar-refractivity contribution in [2.75, 3.05) is 0 Å². The van der Waals surface area contributed by atoms with Gasteiger partial charge in [0.15, 0.2) is 0 Å². The Balaban J connectivity index is 0.777. The van der Waals surface area contributed by atoms with Crippen molar-refractivity contribution in [2.24, 2.45) is 0 Å². The zero-order valence-corrected chi connectivity index (χ0v) is 46.9. The van der Waals surface area contributed by atoms with Crippen LogP contribution in [0.1, 0.15) is 0 Å². The zero-order valence-electron chi connectivity index (χ0n) is 45.3. The van der Waals surface area contributed by atoms with Gasteiger partial charge in [0.05, 0.1) is 44.1 Å². The number of thiophene rings is 2. The molecule has 0 saturated carbocycles. The van der Waals surface area contributed by atoms with E-state index in [1.54, 1.807) is 0 Å². The second-order valence-electron chi connectivity index (χ2n) is 22.2. The zero-order chi connectivity index (χ0) is 55.4. The van der Waals surface area contributed by atoms with E-state index < -0.39 is 0 Å². The number of fused-ring (bicyclic) bond motifs is 20. The van der Waals surface area contributed by atoms with Crippen LogP contribution in [0.15, 0.2) is 261 Å². The summed E-state index contributed by atoms with van der Waals surface area (Å²) in [5.74, 6) is 1.19. The van der Waals surface area contributed by atoms with Crippen LogP contribution >= 0.6 is 22.7 Å². The van der Waals surface area contributed by atoms with Crippen LogP contribution in [0, 0.1) is 0 Å². The number of aromatic nitrogens is 8.